The van der Waals surface area contributed by atoms with Gasteiger partial charge < -0.3 is 5.11 Å². The summed E-state index contributed by atoms with van der Waals surface area (Å²) in [4.78, 5) is 0.288. The molecule has 2 N–H and O–H groups in total. The summed E-state index contributed by atoms with van der Waals surface area (Å²) in [6.45, 7) is 2.16. The van der Waals surface area contributed by atoms with Crippen molar-refractivity contribution in [1.29, 1.82) is 0 Å². The number of aliphatic hydroxyl groups excluding tert-OH is 1. The number of hydrogen-bond acceptors (Lipinski definition) is 3. The summed E-state index contributed by atoms with van der Waals surface area (Å²) in [5.74, 6) is 0.732. The van der Waals surface area contributed by atoms with E-state index in [4.69, 9.17) is 0 Å². The van der Waals surface area contributed by atoms with Crippen molar-refractivity contribution < 1.29 is 13.5 Å². The summed E-state index contributed by atoms with van der Waals surface area (Å²) in [6, 6.07) is 5.04. The maximum Gasteiger partial charge on any atom is 0.240 e. The van der Waals surface area contributed by atoms with E-state index in [1.165, 1.54) is 12.8 Å². The molecule has 2 aliphatic rings. The summed E-state index contributed by atoms with van der Waals surface area (Å²) in [7, 11) is -3.48. The number of rotatable bonds is 6. The molecule has 20 heavy (non-hydrogen) atoms. The second kappa shape index (κ2) is 4.83. The fourth-order valence-corrected chi connectivity index (χ4v) is 4.45. The first-order chi connectivity index (χ1) is 9.48. The summed E-state index contributed by atoms with van der Waals surface area (Å²) in [6.07, 6.45) is 4.80. The Hall–Kier alpha value is -0.910. The monoisotopic (exact) mass is 295 g/mol. The first kappa shape index (κ1) is 14.0. The smallest absolute Gasteiger partial charge is 0.240 e. The van der Waals surface area contributed by atoms with Crippen molar-refractivity contribution in [2.75, 3.05) is 6.54 Å². The van der Waals surface area contributed by atoms with Crippen molar-refractivity contribution >= 4 is 10.0 Å². The lowest BCUT2D eigenvalue weighted by atomic mass is 10.0. The average Bonchev–Trinajstić information content (AvgIpc) is 3.28. The topological polar surface area (TPSA) is 66.4 Å². The van der Waals surface area contributed by atoms with Crippen molar-refractivity contribution in [2.45, 2.75) is 44.1 Å². The van der Waals surface area contributed by atoms with Gasteiger partial charge in [-0.2, -0.15) is 0 Å². The lowest BCUT2D eigenvalue weighted by Gasteiger charge is -2.16. The van der Waals surface area contributed by atoms with Crippen molar-refractivity contribution in [3.63, 3.8) is 0 Å². The zero-order valence-electron chi connectivity index (χ0n) is 11.7. The predicted octanol–water partition coefficient (Wildman–Crippen LogP) is 1.96. The van der Waals surface area contributed by atoms with E-state index in [-0.39, 0.29) is 16.9 Å². The molecule has 5 heteroatoms. The number of hydrogen-bond donors (Lipinski definition) is 2. The van der Waals surface area contributed by atoms with Gasteiger partial charge in [0, 0.05) is 6.54 Å². The van der Waals surface area contributed by atoms with Gasteiger partial charge in [-0.3, -0.25) is 0 Å². The van der Waals surface area contributed by atoms with Crippen LogP contribution in [0.3, 0.4) is 0 Å². The summed E-state index contributed by atoms with van der Waals surface area (Å²) in [5, 5.41) is 9.24. The van der Waals surface area contributed by atoms with E-state index in [1.54, 1.807) is 25.1 Å². The first-order valence-corrected chi connectivity index (χ1v) is 8.66. The molecule has 4 nitrogen and oxygen atoms in total. The highest BCUT2D eigenvalue weighted by atomic mass is 32.2. The molecule has 0 bridgehead atoms. The molecule has 0 saturated heterocycles. The van der Waals surface area contributed by atoms with Crippen LogP contribution in [0.4, 0.5) is 0 Å². The molecule has 0 amide bonds. The van der Waals surface area contributed by atoms with Gasteiger partial charge >= 0.3 is 0 Å². The highest BCUT2D eigenvalue weighted by Crippen LogP contribution is 2.60. The molecule has 0 atom stereocenters. The minimum atomic E-state index is -3.48. The Morgan fingerprint density at radius 2 is 2.05 bits per heavy atom. The Labute approximate surface area is 120 Å². The van der Waals surface area contributed by atoms with E-state index in [1.807, 2.05) is 0 Å². The van der Waals surface area contributed by atoms with Crippen molar-refractivity contribution in [3.05, 3.63) is 29.3 Å². The van der Waals surface area contributed by atoms with Crippen LogP contribution in [-0.4, -0.2) is 20.1 Å². The van der Waals surface area contributed by atoms with Gasteiger partial charge in [0.1, 0.15) is 0 Å². The van der Waals surface area contributed by atoms with Crippen molar-refractivity contribution in [3.8, 4) is 0 Å². The zero-order chi connectivity index (χ0) is 14.4. The SMILES string of the molecule is Cc1c(CO)cccc1S(=O)(=O)NCC1(C2CC2)CC1. The van der Waals surface area contributed by atoms with Crippen LogP contribution in [0.25, 0.3) is 0 Å². The van der Waals surface area contributed by atoms with Gasteiger partial charge in [0.25, 0.3) is 0 Å². The highest BCUT2D eigenvalue weighted by molar-refractivity contribution is 7.89. The normalized spacial score (nSPS) is 20.9. The van der Waals surface area contributed by atoms with E-state index in [0.29, 0.717) is 17.7 Å². The molecule has 2 fully saturated rings. The Kier molecular flexibility index (Phi) is 3.39. The van der Waals surface area contributed by atoms with Crippen LogP contribution in [0.15, 0.2) is 23.1 Å². The number of aliphatic hydroxyl groups is 1. The fourth-order valence-electron chi connectivity index (χ4n) is 3.02. The maximum atomic E-state index is 12.4. The molecule has 1 aromatic carbocycles. The van der Waals surface area contributed by atoms with Crippen molar-refractivity contribution in [1.82, 2.24) is 4.72 Å². The Morgan fingerprint density at radius 3 is 2.60 bits per heavy atom. The van der Waals surface area contributed by atoms with Crippen LogP contribution in [0.2, 0.25) is 0 Å². The Balaban J connectivity index is 1.78. The molecule has 2 saturated carbocycles. The standard InChI is InChI=1S/C15H21NO3S/c1-11-12(9-17)3-2-4-14(11)20(18,19)16-10-15(7-8-15)13-5-6-13/h2-4,13,16-17H,5-10H2,1H3. The van der Waals surface area contributed by atoms with Gasteiger partial charge in [-0.25, -0.2) is 13.1 Å². The van der Waals surface area contributed by atoms with Gasteiger partial charge in [-0.05, 0) is 61.1 Å². The molecule has 110 valence electrons. The molecule has 0 radical (unpaired) electrons. The zero-order valence-corrected chi connectivity index (χ0v) is 12.5. The first-order valence-electron chi connectivity index (χ1n) is 7.17. The quantitative estimate of drug-likeness (QED) is 0.843. The molecule has 0 unspecified atom stereocenters. The Morgan fingerprint density at radius 1 is 1.35 bits per heavy atom. The van der Waals surface area contributed by atoms with E-state index in [2.05, 4.69) is 4.72 Å². The highest BCUT2D eigenvalue weighted by Gasteiger charge is 2.53. The minimum Gasteiger partial charge on any atom is -0.392 e. The van der Waals surface area contributed by atoms with Crippen LogP contribution in [-0.2, 0) is 16.6 Å². The summed E-state index contributed by atoms with van der Waals surface area (Å²) < 4.78 is 27.7. The predicted molar refractivity (Wildman–Crippen MR) is 76.7 cm³/mol. The van der Waals surface area contributed by atoms with E-state index >= 15 is 0 Å². The molecule has 3 rings (SSSR count). The third-order valence-corrected chi connectivity index (χ3v) is 6.35. The van der Waals surface area contributed by atoms with Gasteiger partial charge in [0.05, 0.1) is 11.5 Å². The molecular formula is C15H21NO3S. The number of benzene rings is 1. The van der Waals surface area contributed by atoms with Crippen molar-refractivity contribution in [2.24, 2.45) is 11.3 Å². The average molecular weight is 295 g/mol. The van der Waals surface area contributed by atoms with Gasteiger partial charge in [-0.15, -0.1) is 0 Å². The molecule has 0 heterocycles. The lowest BCUT2D eigenvalue weighted by Crippen LogP contribution is -2.31. The van der Waals surface area contributed by atoms with E-state index in [9.17, 15) is 13.5 Å². The Bertz CT molecular complexity index is 616. The second-order valence-corrected chi connectivity index (χ2v) is 7.89. The number of nitrogens with one attached hydrogen (secondary N) is 1. The minimum absolute atomic E-state index is 0.138. The lowest BCUT2D eigenvalue weighted by molar-refractivity contribution is 0.280. The summed E-state index contributed by atoms with van der Waals surface area (Å²) in [5.41, 5.74) is 1.55. The second-order valence-electron chi connectivity index (χ2n) is 6.16. The third kappa shape index (κ3) is 2.50. The third-order valence-electron chi connectivity index (χ3n) is 4.81. The molecule has 0 aliphatic heterocycles. The molecule has 2 aliphatic carbocycles. The van der Waals surface area contributed by atoms with Crippen LogP contribution in [0, 0.1) is 18.3 Å². The molecule has 1 aromatic rings. The van der Waals surface area contributed by atoms with E-state index < -0.39 is 10.0 Å². The van der Waals surface area contributed by atoms with Gasteiger partial charge in [0.15, 0.2) is 0 Å². The fraction of sp³-hybridized carbons (Fsp3) is 0.600. The largest absolute Gasteiger partial charge is 0.392 e. The summed E-state index contributed by atoms with van der Waals surface area (Å²) >= 11 is 0. The van der Waals surface area contributed by atoms with Crippen LogP contribution >= 0.6 is 0 Å². The van der Waals surface area contributed by atoms with Gasteiger partial charge in [-0.1, -0.05) is 12.1 Å². The molecular weight excluding hydrogens is 274 g/mol. The van der Waals surface area contributed by atoms with Crippen LogP contribution < -0.4 is 4.72 Å². The van der Waals surface area contributed by atoms with E-state index in [0.717, 1.165) is 18.8 Å². The molecule has 0 spiro atoms. The van der Waals surface area contributed by atoms with Gasteiger partial charge in [0.2, 0.25) is 10.0 Å². The van der Waals surface area contributed by atoms with Crippen LogP contribution in [0.5, 0.6) is 0 Å². The van der Waals surface area contributed by atoms with Crippen LogP contribution in [0.1, 0.15) is 36.8 Å². The maximum absolute atomic E-state index is 12.4. The molecule has 0 aromatic heterocycles. The number of sulfonamides is 1.